The molecule has 9 nitrogen and oxygen atoms in total. The molecule has 3 aromatic carbocycles. The Bertz CT molecular complexity index is 1310. The number of amides is 1. The van der Waals surface area contributed by atoms with E-state index in [1.54, 1.807) is 11.9 Å². The monoisotopic (exact) mass is 703 g/mol. The Balaban J connectivity index is 0.000000687. The molecule has 0 bridgehead atoms. The molecule has 0 aromatic heterocycles. The van der Waals surface area contributed by atoms with E-state index in [1.165, 1.54) is 15.9 Å². The Labute approximate surface area is 274 Å². The summed E-state index contributed by atoms with van der Waals surface area (Å²) in [4.78, 5) is 31.6. The molecule has 0 aliphatic rings. The molecule has 1 amide bonds. The number of carbonyl (C=O) groups excluding carboxylic acids is 1. The summed E-state index contributed by atoms with van der Waals surface area (Å²) < 4.78 is 63.5. The van der Waals surface area contributed by atoms with Crippen LogP contribution in [0.15, 0.2) is 91.0 Å². The van der Waals surface area contributed by atoms with Gasteiger partial charge in [-0.3, -0.25) is 10.2 Å². The quantitative estimate of drug-likeness (QED) is 0.0600. The number of unbranched alkanes of at least 4 members (excludes halogenated alkanes) is 1. The van der Waals surface area contributed by atoms with Gasteiger partial charge in [0.05, 0.1) is 6.16 Å². The van der Waals surface area contributed by atoms with Gasteiger partial charge in [-0.05, 0) is 55.7 Å². The maximum Gasteiger partial charge on any atom is 0.490 e. The molecule has 3 rings (SSSR count). The zero-order valence-electron chi connectivity index (χ0n) is 26.0. The number of nitrogens with zero attached hydrogens (tertiary/aromatic N) is 1. The number of nitrogens with two attached hydrogens (primary N) is 1. The smallest absolute Gasteiger partial charge is 0.475 e. The highest BCUT2D eigenvalue weighted by Gasteiger charge is 2.44. The lowest BCUT2D eigenvalue weighted by Crippen LogP contribution is -2.34. The fraction of sp³-hybridized carbons (Fsp3) is 0.312. The number of rotatable bonds is 12. The fourth-order valence-corrected chi connectivity index (χ4v) is 8.68. The lowest BCUT2D eigenvalue weighted by atomic mass is 10.2. The molecular weight excluding hydrogens is 665 g/mol. The predicted octanol–water partition coefficient (Wildman–Crippen LogP) is 4.75. The van der Waals surface area contributed by atoms with Crippen LogP contribution in [0.2, 0.25) is 0 Å². The van der Waals surface area contributed by atoms with E-state index < -0.39 is 31.6 Å². The molecule has 0 aliphatic carbocycles. The van der Waals surface area contributed by atoms with E-state index in [9.17, 15) is 31.1 Å². The Kier molecular flexibility index (Phi) is 17.1. The van der Waals surface area contributed by atoms with E-state index in [4.69, 9.17) is 30.9 Å². The van der Waals surface area contributed by atoms with Gasteiger partial charge in [0.25, 0.3) is 0 Å². The zero-order chi connectivity index (χ0) is 36.4. The molecule has 262 valence electrons. The average molecular weight is 704 g/mol. The number of guanidine groups is 1. The Morgan fingerprint density at radius 1 is 0.729 bits per heavy atom. The minimum Gasteiger partial charge on any atom is -0.475 e. The van der Waals surface area contributed by atoms with Gasteiger partial charge in [-0.2, -0.15) is 26.3 Å². The lowest BCUT2D eigenvalue weighted by Gasteiger charge is -2.27. The number of carbonyl (C=O) groups is 3. The number of alkyl halides is 6. The van der Waals surface area contributed by atoms with Crippen molar-refractivity contribution in [1.82, 2.24) is 10.2 Å². The molecule has 0 heterocycles. The van der Waals surface area contributed by atoms with Crippen LogP contribution in [0.5, 0.6) is 0 Å². The van der Waals surface area contributed by atoms with Gasteiger partial charge in [-0.1, -0.05) is 54.6 Å². The highest BCUT2D eigenvalue weighted by molar-refractivity contribution is 7.95. The van der Waals surface area contributed by atoms with E-state index in [2.05, 4.69) is 96.3 Å². The van der Waals surface area contributed by atoms with Crippen LogP contribution in [0.4, 0.5) is 26.3 Å². The zero-order valence-corrected chi connectivity index (χ0v) is 26.9. The van der Waals surface area contributed by atoms with Gasteiger partial charge in [0.1, 0.15) is 23.2 Å². The first-order valence-electron chi connectivity index (χ1n) is 14.4. The van der Waals surface area contributed by atoms with Gasteiger partial charge >= 0.3 is 24.3 Å². The first kappa shape index (κ1) is 41.4. The summed E-state index contributed by atoms with van der Waals surface area (Å²) in [6.07, 6.45) is -6.00. The topological polar surface area (TPSA) is 157 Å². The Morgan fingerprint density at radius 3 is 1.40 bits per heavy atom. The van der Waals surface area contributed by atoms with Crippen molar-refractivity contribution in [3.8, 4) is 0 Å². The molecule has 0 spiro atoms. The second-order valence-electron chi connectivity index (χ2n) is 10.1. The van der Waals surface area contributed by atoms with Crippen molar-refractivity contribution >= 4 is 47.0 Å². The number of nitrogens with one attached hydrogen (secondary N) is 2. The maximum absolute atomic E-state index is 12.2. The molecule has 16 heteroatoms. The first-order chi connectivity index (χ1) is 22.4. The number of halogens is 6. The van der Waals surface area contributed by atoms with Gasteiger partial charge in [-0.15, -0.1) is 0 Å². The van der Waals surface area contributed by atoms with Crippen molar-refractivity contribution in [1.29, 1.82) is 5.41 Å². The van der Waals surface area contributed by atoms with Crippen molar-refractivity contribution in [2.24, 2.45) is 5.73 Å². The van der Waals surface area contributed by atoms with Gasteiger partial charge < -0.3 is 26.2 Å². The minimum absolute atomic E-state index is 0.0301. The van der Waals surface area contributed by atoms with E-state index in [-0.39, 0.29) is 11.9 Å². The molecular formula is C32H38F6N4O5P+. The highest BCUT2D eigenvalue weighted by Crippen LogP contribution is 2.55. The number of hydrogen-bond acceptors (Lipinski definition) is 4. The third kappa shape index (κ3) is 14.4. The number of aliphatic carboxylic acids is 2. The highest BCUT2D eigenvalue weighted by atomic mass is 31.2. The van der Waals surface area contributed by atoms with Crippen LogP contribution in [0, 0.1) is 5.41 Å². The van der Waals surface area contributed by atoms with Crippen LogP contribution in [0.25, 0.3) is 0 Å². The van der Waals surface area contributed by atoms with E-state index in [1.807, 2.05) is 0 Å². The van der Waals surface area contributed by atoms with Crippen LogP contribution in [-0.4, -0.2) is 77.6 Å². The number of carboxylic acid groups (broad SMARTS) is 2. The largest absolute Gasteiger partial charge is 0.490 e. The van der Waals surface area contributed by atoms with Crippen molar-refractivity contribution in [2.45, 2.75) is 38.0 Å². The maximum atomic E-state index is 12.2. The van der Waals surface area contributed by atoms with Crippen LogP contribution >= 0.6 is 7.26 Å². The standard InChI is InChI=1S/C28H35N4OP.2C2HF3O2/c1-32(28(29)30)22-13-20-27(33)31-21-11-12-23-34(24-14-5-2-6-15-24,25-16-7-3-8-17-25)26-18-9-4-10-19-26;2*3-2(4,5)1(6)7/h2-10,14-19H,11-13,20-23H2,1H3,(H3-,29,30,31,33);2*(H,6,7)/p+1. The van der Waals surface area contributed by atoms with Crippen molar-refractivity contribution in [2.75, 3.05) is 26.3 Å². The molecule has 3 aromatic rings. The molecule has 48 heavy (non-hydrogen) atoms. The van der Waals surface area contributed by atoms with Gasteiger partial charge in [-0.25, -0.2) is 9.59 Å². The second kappa shape index (κ2) is 19.9. The van der Waals surface area contributed by atoms with Crippen molar-refractivity contribution < 1.29 is 50.9 Å². The summed E-state index contributed by atoms with van der Waals surface area (Å²) in [6, 6.07) is 32.7. The lowest BCUT2D eigenvalue weighted by molar-refractivity contribution is -0.193. The van der Waals surface area contributed by atoms with Crippen LogP contribution in [0.3, 0.4) is 0 Å². The summed E-state index contributed by atoms with van der Waals surface area (Å²) in [5, 5.41) is 28.9. The Hall–Kier alpha value is -4.65. The van der Waals surface area contributed by atoms with E-state index in [0.29, 0.717) is 25.9 Å². The molecule has 6 N–H and O–H groups in total. The van der Waals surface area contributed by atoms with Gasteiger partial charge in [0.2, 0.25) is 5.91 Å². The number of benzene rings is 3. The third-order valence-corrected chi connectivity index (χ3v) is 11.2. The number of hydrogen-bond donors (Lipinski definition) is 5. The van der Waals surface area contributed by atoms with Gasteiger partial charge in [0.15, 0.2) is 5.96 Å². The molecule has 0 saturated carbocycles. The molecule has 0 aliphatic heterocycles. The first-order valence-corrected chi connectivity index (χ1v) is 16.4. The molecule has 0 radical (unpaired) electrons. The fourth-order valence-electron chi connectivity index (χ4n) is 4.27. The summed E-state index contributed by atoms with van der Waals surface area (Å²) >= 11 is 0. The van der Waals surface area contributed by atoms with Crippen LogP contribution in [0.1, 0.15) is 25.7 Å². The molecule has 0 atom stereocenters. The van der Waals surface area contributed by atoms with E-state index in [0.717, 1.165) is 19.0 Å². The summed E-state index contributed by atoms with van der Waals surface area (Å²) in [6.45, 7) is 1.29. The normalized spacial score (nSPS) is 11.1. The summed E-state index contributed by atoms with van der Waals surface area (Å²) in [5.41, 5.74) is 5.44. The summed E-state index contributed by atoms with van der Waals surface area (Å²) in [7, 11) is -0.0398. The molecule has 0 unspecified atom stereocenters. The third-order valence-electron chi connectivity index (χ3n) is 6.63. The molecule has 0 saturated heterocycles. The predicted molar refractivity (Wildman–Crippen MR) is 173 cm³/mol. The van der Waals surface area contributed by atoms with Crippen molar-refractivity contribution in [3.05, 3.63) is 91.0 Å². The van der Waals surface area contributed by atoms with Crippen LogP contribution in [-0.2, 0) is 14.4 Å². The van der Waals surface area contributed by atoms with Crippen molar-refractivity contribution in [3.63, 3.8) is 0 Å². The molecule has 0 fully saturated rings. The number of carboxylic acids is 2. The average Bonchev–Trinajstić information content (AvgIpc) is 3.03. The SMILES string of the molecule is CN(CCCC(=O)NCCCC[P+](c1ccccc1)(c1ccccc1)c1ccccc1)C(=N)N.O=C(O)C(F)(F)F.O=C(O)C(F)(F)F. The Morgan fingerprint density at radius 2 is 1.08 bits per heavy atom. The summed E-state index contributed by atoms with van der Waals surface area (Å²) in [5.74, 6) is -5.42. The van der Waals surface area contributed by atoms with E-state index >= 15 is 0 Å². The van der Waals surface area contributed by atoms with Crippen LogP contribution < -0.4 is 27.0 Å². The minimum atomic E-state index is -5.08. The van der Waals surface area contributed by atoms with Gasteiger partial charge in [0, 0.05) is 26.6 Å². The second-order valence-corrected chi connectivity index (χ2v) is 13.7.